The summed E-state index contributed by atoms with van der Waals surface area (Å²) < 4.78 is 7.43. The first-order valence-corrected chi connectivity index (χ1v) is 12.6. The zero-order valence-corrected chi connectivity index (χ0v) is 20.4. The highest BCUT2D eigenvalue weighted by atomic mass is 35.5. The predicted octanol–water partition coefficient (Wildman–Crippen LogP) is 4.20. The van der Waals surface area contributed by atoms with Crippen LogP contribution in [0.3, 0.4) is 0 Å². The number of rotatable bonds is 5. The van der Waals surface area contributed by atoms with Gasteiger partial charge in [0.1, 0.15) is 0 Å². The maximum Gasteiger partial charge on any atom is 0.227 e. The lowest BCUT2D eigenvalue weighted by Crippen LogP contribution is -2.56. The lowest BCUT2D eigenvalue weighted by atomic mass is 9.84. The topological polar surface area (TPSA) is 88.3 Å². The molecule has 4 heterocycles. The third-order valence-electron chi connectivity index (χ3n) is 7.89. The molecule has 3 aliphatic rings. The van der Waals surface area contributed by atoms with Crippen molar-refractivity contribution in [2.45, 2.75) is 63.1 Å². The van der Waals surface area contributed by atoms with E-state index in [9.17, 15) is 5.11 Å². The summed E-state index contributed by atoms with van der Waals surface area (Å²) in [5.41, 5.74) is 4.02. The molecule has 34 heavy (non-hydrogen) atoms. The molecule has 0 unspecified atom stereocenters. The molecule has 8 nitrogen and oxygen atoms in total. The largest absolute Gasteiger partial charge is 0.389 e. The summed E-state index contributed by atoms with van der Waals surface area (Å²) in [4.78, 5) is 11.7. The molecule has 3 aromatic rings. The Morgan fingerprint density at radius 2 is 1.97 bits per heavy atom. The molecule has 0 radical (unpaired) electrons. The molecule has 6 rings (SSSR count). The van der Waals surface area contributed by atoms with Gasteiger partial charge in [0.15, 0.2) is 5.15 Å². The number of piperidine rings is 1. The third-order valence-corrected chi connectivity index (χ3v) is 8.26. The number of benzene rings is 1. The van der Waals surface area contributed by atoms with Crippen molar-refractivity contribution in [3.8, 4) is 0 Å². The summed E-state index contributed by atoms with van der Waals surface area (Å²) in [6, 6.07) is 4.83. The van der Waals surface area contributed by atoms with E-state index in [1.54, 1.807) is 6.20 Å². The van der Waals surface area contributed by atoms with Gasteiger partial charge in [-0.15, -0.1) is 0 Å². The lowest BCUT2D eigenvalue weighted by molar-refractivity contribution is -0.00214. The number of nitrogens with zero attached hydrogens (tertiary/aromatic N) is 5. The maximum absolute atomic E-state index is 10.4. The molecular formula is C25H31ClN6O2. The molecule has 2 aromatic heterocycles. The van der Waals surface area contributed by atoms with Gasteiger partial charge in [0.05, 0.1) is 48.3 Å². The molecule has 9 heteroatoms. The zero-order chi connectivity index (χ0) is 23.4. The van der Waals surface area contributed by atoms with Crippen LogP contribution in [0.2, 0.25) is 5.15 Å². The first kappa shape index (κ1) is 22.2. The Bertz CT molecular complexity index is 1220. The number of nitrogens with one attached hydrogen (secondary N) is 1. The Kier molecular flexibility index (Phi) is 5.52. The monoisotopic (exact) mass is 482 g/mol. The number of halogens is 1. The fraction of sp³-hybridized carbons (Fsp3) is 0.560. The van der Waals surface area contributed by atoms with Crippen LogP contribution in [0.1, 0.15) is 55.7 Å². The zero-order valence-electron chi connectivity index (χ0n) is 19.7. The van der Waals surface area contributed by atoms with Crippen LogP contribution < -0.4 is 5.32 Å². The Hall–Kier alpha value is -2.26. The van der Waals surface area contributed by atoms with Crippen molar-refractivity contribution in [3.63, 3.8) is 0 Å². The number of hydrogen-bond acceptors (Lipinski definition) is 7. The van der Waals surface area contributed by atoms with Crippen LogP contribution in [0.4, 0.5) is 11.6 Å². The van der Waals surface area contributed by atoms with Crippen molar-refractivity contribution in [2.75, 3.05) is 31.6 Å². The maximum atomic E-state index is 10.4. The minimum absolute atomic E-state index is 0.272. The van der Waals surface area contributed by atoms with Gasteiger partial charge in [-0.2, -0.15) is 5.10 Å². The SMILES string of the molecule is Cc1cc2cnc(Nc3cnn(C4CC4)c3Cl)nc2cc1C1CCN([C@@]2(C)COC[C@H]2O)CC1. The normalized spacial score (nSPS) is 26.4. The first-order chi connectivity index (χ1) is 16.4. The molecule has 0 bridgehead atoms. The lowest BCUT2D eigenvalue weighted by Gasteiger charge is -2.43. The van der Waals surface area contributed by atoms with E-state index in [-0.39, 0.29) is 5.54 Å². The Balaban J connectivity index is 1.21. The smallest absolute Gasteiger partial charge is 0.227 e. The number of aromatic nitrogens is 4. The molecule has 2 N–H and O–H groups in total. The summed E-state index contributed by atoms with van der Waals surface area (Å²) >= 11 is 6.51. The second-order valence-electron chi connectivity index (χ2n) is 10.3. The Labute approximate surface area is 204 Å². The molecule has 1 saturated carbocycles. The van der Waals surface area contributed by atoms with E-state index in [1.165, 1.54) is 11.1 Å². The van der Waals surface area contributed by atoms with Crippen molar-refractivity contribution in [3.05, 3.63) is 40.8 Å². The van der Waals surface area contributed by atoms with E-state index >= 15 is 0 Å². The summed E-state index contributed by atoms with van der Waals surface area (Å²) in [7, 11) is 0. The molecule has 180 valence electrons. The molecule has 0 spiro atoms. The van der Waals surface area contributed by atoms with Gasteiger partial charge in [-0.3, -0.25) is 4.90 Å². The van der Waals surface area contributed by atoms with Gasteiger partial charge >= 0.3 is 0 Å². The highest BCUT2D eigenvalue weighted by Gasteiger charge is 2.45. The minimum Gasteiger partial charge on any atom is -0.389 e. The van der Waals surface area contributed by atoms with Gasteiger partial charge in [-0.05, 0) is 81.8 Å². The quantitative estimate of drug-likeness (QED) is 0.563. The highest BCUT2D eigenvalue weighted by molar-refractivity contribution is 6.32. The van der Waals surface area contributed by atoms with Crippen LogP contribution in [-0.2, 0) is 4.74 Å². The van der Waals surface area contributed by atoms with Crippen LogP contribution in [-0.4, -0.2) is 67.7 Å². The van der Waals surface area contributed by atoms with E-state index in [0.717, 1.165) is 55.4 Å². The van der Waals surface area contributed by atoms with E-state index in [4.69, 9.17) is 21.3 Å². The highest BCUT2D eigenvalue weighted by Crippen LogP contribution is 2.39. The summed E-state index contributed by atoms with van der Waals surface area (Å²) in [6.45, 7) is 7.25. The first-order valence-electron chi connectivity index (χ1n) is 12.2. The fourth-order valence-corrected chi connectivity index (χ4v) is 5.77. The van der Waals surface area contributed by atoms with Crippen molar-refractivity contribution in [1.82, 2.24) is 24.6 Å². The number of likely N-dealkylation sites (tertiary alicyclic amines) is 1. The average Bonchev–Trinajstić information content (AvgIpc) is 3.54. The van der Waals surface area contributed by atoms with Crippen LogP contribution in [0, 0.1) is 6.92 Å². The summed E-state index contributed by atoms with van der Waals surface area (Å²) in [5.74, 6) is 0.999. The number of aliphatic hydroxyl groups excluding tert-OH is 1. The molecule has 1 aromatic carbocycles. The van der Waals surface area contributed by atoms with Crippen LogP contribution in [0.15, 0.2) is 24.5 Å². The van der Waals surface area contributed by atoms with E-state index < -0.39 is 6.10 Å². The van der Waals surface area contributed by atoms with Crippen molar-refractivity contribution in [2.24, 2.45) is 0 Å². The van der Waals surface area contributed by atoms with E-state index in [1.807, 2.05) is 10.9 Å². The minimum atomic E-state index is -0.418. The molecular weight excluding hydrogens is 452 g/mol. The van der Waals surface area contributed by atoms with E-state index in [0.29, 0.717) is 36.3 Å². The summed E-state index contributed by atoms with van der Waals surface area (Å²) in [6.07, 6.45) is 7.56. The second-order valence-corrected chi connectivity index (χ2v) is 10.6. The molecule has 1 aliphatic carbocycles. The van der Waals surface area contributed by atoms with Crippen LogP contribution >= 0.6 is 11.6 Å². The molecule has 2 aliphatic heterocycles. The summed E-state index contributed by atoms with van der Waals surface area (Å²) in [5, 5.41) is 19.7. The van der Waals surface area contributed by atoms with Crippen LogP contribution in [0.25, 0.3) is 10.9 Å². The number of aryl methyl sites for hydroxylation is 1. The van der Waals surface area contributed by atoms with E-state index in [2.05, 4.69) is 46.3 Å². The second kappa shape index (κ2) is 8.45. The molecule has 2 atom stereocenters. The number of ether oxygens (including phenoxy) is 1. The van der Waals surface area contributed by atoms with Gasteiger partial charge in [-0.25, -0.2) is 14.6 Å². The van der Waals surface area contributed by atoms with Crippen molar-refractivity contribution < 1.29 is 9.84 Å². The van der Waals surface area contributed by atoms with Crippen LogP contribution in [0.5, 0.6) is 0 Å². The van der Waals surface area contributed by atoms with Crippen molar-refractivity contribution in [1.29, 1.82) is 0 Å². The average molecular weight is 483 g/mol. The fourth-order valence-electron chi connectivity index (χ4n) is 5.49. The number of aliphatic hydroxyl groups is 1. The van der Waals surface area contributed by atoms with Gasteiger partial charge in [-0.1, -0.05) is 11.6 Å². The Morgan fingerprint density at radius 1 is 1.18 bits per heavy atom. The molecule has 0 amide bonds. The number of anilines is 2. The Morgan fingerprint density at radius 3 is 2.68 bits per heavy atom. The van der Waals surface area contributed by atoms with Gasteiger partial charge < -0.3 is 15.2 Å². The number of hydrogen-bond donors (Lipinski definition) is 2. The molecule has 3 fully saturated rings. The standard InChI is InChI=1S/C25H31ClN6O2/c1-15-9-17-11-27-24(30-21-12-28-32(23(21)26)18-3-4-18)29-20(17)10-19(15)16-5-7-31(8-6-16)25(2)14-34-13-22(25)33/h9-12,16,18,22,33H,3-8,13-14H2,1-2H3,(H,27,29,30)/t22-,25+/m1/s1. The third kappa shape index (κ3) is 3.86. The number of fused-ring (bicyclic) bond motifs is 1. The van der Waals surface area contributed by atoms with Gasteiger partial charge in [0.25, 0.3) is 0 Å². The van der Waals surface area contributed by atoms with Gasteiger partial charge in [0.2, 0.25) is 5.95 Å². The van der Waals surface area contributed by atoms with Crippen molar-refractivity contribution >= 4 is 34.1 Å². The van der Waals surface area contributed by atoms with Gasteiger partial charge in [0, 0.05) is 11.6 Å². The molecule has 2 saturated heterocycles. The predicted molar refractivity (Wildman–Crippen MR) is 132 cm³/mol.